The smallest absolute Gasteiger partial charge is 0.418 e. The number of rotatable bonds is 4. The van der Waals surface area contributed by atoms with E-state index in [1.54, 1.807) is 7.05 Å². The summed E-state index contributed by atoms with van der Waals surface area (Å²) in [5, 5.41) is 8.78. The third-order valence-electron chi connectivity index (χ3n) is 3.18. The Morgan fingerprint density at radius 3 is 2.42 bits per heavy atom. The lowest BCUT2D eigenvalue weighted by molar-refractivity contribution is -0.137. The number of anilines is 1. The zero-order valence-electron chi connectivity index (χ0n) is 11.0. The first kappa shape index (κ1) is 15.3. The number of hydrogen-bond donors (Lipinski definition) is 1. The van der Waals surface area contributed by atoms with E-state index in [4.69, 9.17) is 5.11 Å². The van der Waals surface area contributed by atoms with Crippen LogP contribution in [0.15, 0.2) is 18.2 Å². The molecule has 1 unspecified atom stereocenters. The van der Waals surface area contributed by atoms with Gasteiger partial charge in [-0.25, -0.2) is 4.79 Å². The highest BCUT2D eigenvalue weighted by atomic mass is 19.4. The molecule has 1 aromatic carbocycles. The quantitative estimate of drug-likeness (QED) is 0.912. The van der Waals surface area contributed by atoms with Crippen molar-refractivity contribution >= 4 is 11.7 Å². The second-order valence-corrected chi connectivity index (χ2v) is 4.40. The largest absolute Gasteiger partial charge is 0.478 e. The molecule has 106 valence electrons. The van der Waals surface area contributed by atoms with Gasteiger partial charge in [-0.15, -0.1) is 0 Å². The maximum Gasteiger partial charge on any atom is 0.418 e. The van der Waals surface area contributed by atoms with Gasteiger partial charge in [0.1, 0.15) is 0 Å². The average Bonchev–Trinajstić information content (AvgIpc) is 2.35. The number of hydrogen-bond acceptors (Lipinski definition) is 2. The van der Waals surface area contributed by atoms with E-state index in [0.29, 0.717) is 12.5 Å². The fourth-order valence-corrected chi connectivity index (χ4v) is 1.71. The Bertz CT molecular complexity index is 471. The predicted octanol–water partition coefficient (Wildman–Crippen LogP) is 3.64. The summed E-state index contributed by atoms with van der Waals surface area (Å²) < 4.78 is 39.0. The van der Waals surface area contributed by atoms with E-state index in [1.807, 2.05) is 13.8 Å². The molecule has 1 aromatic rings. The number of aromatic carboxylic acids is 1. The van der Waals surface area contributed by atoms with Gasteiger partial charge >= 0.3 is 12.1 Å². The highest BCUT2D eigenvalue weighted by Crippen LogP contribution is 2.37. The second-order valence-electron chi connectivity index (χ2n) is 4.40. The first-order valence-electron chi connectivity index (χ1n) is 5.85. The Kier molecular flexibility index (Phi) is 4.44. The molecule has 1 rings (SSSR count). The molecule has 1 N–H and O–H groups in total. The van der Waals surface area contributed by atoms with Crippen molar-refractivity contribution in [3.05, 3.63) is 29.3 Å². The van der Waals surface area contributed by atoms with Crippen molar-refractivity contribution in [2.24, 2.45) is 0 Å². The minimum absolute atomic E-state index is 0.00755. The lowest BCUT2D eigenvalue weighted by atomic mass is 10.1. The van der Waals surface area contributed by atoms with Crippen LogP contribution in [0.3, 0.4) is 0 Å². The number of carbonyl (C=O) groups is 1. The first-order valence-corrected chi connectivity index (χ1v) is 5.85. The standard InChI is InChI=1S/C13H16F3NO2/c1-4-8(2)17(3)11-6-5-9(12(18)19)7-10(11)13(14,15)16/h5-8H,4H2,1-3H3,(H,18,19). The highest BCUT2D eigenvalue weighted by Gasteiger charge is 2.35. The Labute approximate surface area is 109 Å². The molecule has 0 aliphatic rings. The van der Waals surface area contributed by atoms with Gasteiger partial charge < -0.3 is 10.0 Å². The van der Waals surface area contributed by atoms with Crippen molar-refractivity contribution in [2.45, 2.75) is 32.5 Å². The van der Waals surface area contributed by atoms with Crippen LogP contribution in [0.5, 0.6) is 0 Å². The van der Waals surface area contributed by atoms with Gasteiger partial charge in [0.25, 0.3) is 0 Å². The summed E-state index contributed by atoms with van der Waals surface area (Å²) >= 11 is 0. The summed E-state index contributed by atoms with van der Waals surface area (Å²) in [5.41, 5.74) is -1.30. The van der Waals surface area contributed by atoms with Crippen molar-refractivity contribution in [3.63, 3.8) is 0 Å². The molecule has 0 radical (unpaired) electrons. The number of nitrogens with zero attached hydrogens (tertiary/aromatic N) is 1. The molecule has 0 saturated carbocycles. The molecule has 0 aliphatic carbocycles. The van der Waals surface area contributed by atoms with Gasteiger partial charge in [-0.1, -0.05) is 6.92 Å². The zero-order valence-corrected chi connectivity index (χ0v) is 11.0. The minimum atomic E-state index is -4.58. The van der Waals surface area contributed by atoms with Crippen LogP contribution >= 0.6 is 0 Å². The molecule has 0 heterocycles. The maximum absolute atomic E-state index is 13.0. The van der Waals surface area contributed by atoms with E-state index in [2.05, 4.69) is 0 Å². The minimum Gasteiger partial charge on any atom is -0.478 e. The third-order valence-corrected chi connectivity index (χ3v) is 3.18. The van der Waals surface area contributed by atoms with Gasteiger partial charge in [0.15, 0.2) is 0 Å². The van der Waals surface area contributed by atoms with E-state index in [-0.39, 0.29) is 17.3 Å². The van der Waals surface area contributed by atoms with E-state index < -0.39 is 17.7 Å². The fraction of sp³-hybridized carbons (Fsp3) is 0.462. The molecule has 0 amide bonds. The van der Waals surface area contributed by atoms with Crippen LogP contribution < -0.4 is 4.90 Å². The van der Waals surface area contributed by atoms with Crippen LogP contribution in [-0.4, -0.2) is 24.2 Å². The summed E-state index contributed by atoms with van der Waals surface area (Å²) in [6.45, 7) is 3.69. The summed E-state index contributed by atoms with van der Waals surface area (Å²) in [6, 6.07) is 3.00. The molecule has 1 atom stereocenters. The van der Waals surface area contributed by atoms with Crippen LogP contribution in [-0.2, 0) is 6.18 Å². The van der Waals surface area contributed by atoms with Crippen molar-refractivity contribution in [1.82, 2.24) is 0 Å². The number of benzene rings is 1. The Balaban J connectivity index is 3.36. The molecule has 0 fully saturated rings. The number of alkyl halides is 3. The molecular weight excluding hydrogens is 259 g/mol. The molecule has 0 bridgehead atoms. The molecular formula is C13H16F3NO2. The van der Waals surface area contributed by atoms with Gasteiger partial charge in [-0.2, -0.15) is 13.2 Å². The Hall–Kier alpha value is -1.72. The zero-order chi connectivity index (χ0) is 14.8. The molecule has 0 aromatic heterocycles. The second kappa shape index (κ2) is 5.50. The summed E-state index contributed by atoms with van der Waals surface area (Å²) in [6.07, 6.45) is -3.89. The van der Waals surface area contributed by atoms with Gasteiger partial charge in [0.2, 0.25) is 0 Å². The number of carboxylic acids is 1. The SMILES string of the molecule is CCC(C)N(C)c1ccc(C(=O)O)cc1C(F)(F)F. The summed E-state index contributed by atoms with van der Waals surface area (Å²) in [4.78, 5) is 12.3. The Morgan fingerprint density at radius 1 is 1.42 bits per heavy atom. The Morgan fingerprint density at radius 2 is 2.00 bits per heavy atom. The highest BCUT2D eigenvalue weighted by molar-refractivity contribution is 5.88. The third kappa shape index (κ3) is 3.39. The van der Waals surface area contributed by atoms with Crippen molar-refractivity contribution < 1.29 is 23.1 Å². The molecule has 6 heteroatoms. The monoisotopic (exact) mass is 275 g/mol. The average molecular weight is 275 g/mol. The lowest BCUT2D eigenvalue weighted by Crippen LogP contribution is -2.30. The van der Waals surface area contributed by atoms with Crippen LogP contribution in [0.1, 0.15) is 36.2 Å². The number of halogens is 3. The normalized spacial score (nSPS) is 13.2. The molecule has 0 saturated heterocycles. The first-order chi connectivity index (χ1) is 8.68. The van der Waals surface area contributed by atoms with Crippen molar-refractivity contribution in [2.75, 3.05) is 11.9 Å². The molecule has 19 heavy (non-hydrogen) atoms. The fourth-order valence-electron chi connectivity index (χ4n) is 1.71. The summed E-state index contributed by atoms with van der Waals surface area (Å²) in [5.74, 6) is -1.37. The van der Waals surface area contributed by atoms with Crippen molar-refractivity contribution in [1.29, 1.82) is 0 Å². The van der Waals surface area contributed by atoms with Crippen LogP contribution in [0.2, 0.25) is 0 Å². The van der Waals surface area contributed by atoms with E-state index in [9.17, 15) is 18.0 Å². The molecule has 0 aliphatic heterocycles. The predicted molar refractivity (Wildman–Crippen MR) is 66.6 cm³/mol. The van der Waals surface area contributed by atoms with Gasteiger partial charge in [0.05, 0.1) is 11.1 Å². The van der Waals surface area contributed by atoms with Crippen LogP contribution in [0, 0.1) is 0 Å². The van der Waals surface area contributed by atoms with Crippen molar-refractivity contribution in [3.8, 4) is 0 Å². The van der Waals surface area contributed by atoms with Crippen LogP contribution in [0.4, 0.5) is 18.9 Å². The van der Waals surface area contributed by atoms with Gasteiger partial charge in [-0.3, -0.25) is 0 Å². The van der Waals surface area contributed by atoms with Gasteiger partial charge in [0, 0.05) is 18.8 Å². The topological polar surface area (TPSA) is 40.5 Å². The molecule has 0 spiro atoms. The van der Waals surface area contributed by atoms with Crippen LogP contribution in [0.25, 0.3) is 0 Å². The van der Waals surface area contributed by atoms with Gasteiger partial charge in [-0.05, 0) is 31.5 Å². The molecule has 3 nitrogen and oxygen atoms in total. The van der Waals surface area contributed by atoms with E-state index >= 15 is 0 Å². The van der Waals surface area contributed by atoms with E-state index in [1.165, 1.54) is 17.0 Å². The number of carboxylic acid groups (broad SMARTS) is 1. The lowest BCUT2D eigenvalue weighted by Gasteiger charge is -2.29. The summed E-state index contributed by atoms with van der Waals surface area (Å²) in [7, 11) is 1.57. The van der Waals surface area contributed by atoms with E-state index in [0.717, 1.165) is 0 Å². The maximum atomic E-state index is 13.0.